The van der Waals surface area contributed by atoms with Gasteiger partial charge in [0.15, 0.2) is 0 Å². The Morgan fingerprint density at radius 1 is 1.43 bits per heavy atom. The fraction of sp³-hybridized carbons (Fsp3) is 0.833. The number of nitrogens with zero attached hydrogens (tertiary/aromatic N) is 1. The third-order valence-electron chi connectivity index (χ3n) is 3.11. The van der Waals surface area contributed by atoms with E-state index in [0.29, 0.717) is 6.04 Å². The second-order valence-corrected chi connectivity index (χ2v) is 4.21. The number of hydrogen-bond acceptors (Lipinski definition) is 2. The summed E-state index contributed by atoms with van der Waals surface area (Å²) in [4.78, 5) is 2.50. The van der Waals surface area contributed by atoms with Gasteiger partial charge < -0.3 is 10.6 Å². The number of nitrogens with two attached hydrogens (primary N) is 1. The Balaban J connectivity index is 2.17. The molecule has 1 fully saturated rings. The van der Waals surface area contributed by atoms with E-state index in [2.05, 4.69) is 23.7 Å². The minimum atomic E-state index is 0.368. The van der Waals surface area contributed by atoms with Crippen molar-refractivity contribution in [3.8, 4) is 11.8 Å². The zero-order chi connectivity index (χ0) is 10.4. The average molecular weight is 194 g/mol. The van der Waals surface area contributed by atoms with E-state index < -0.39 is 0 Å². The Labute approximate surface area is 87.8 Å². The van der Waals surface area contributed by atoms with Crippen molar-refractivity contribution >= 4 is 0 Å². The van der Waals surface area contributed by atoms with Crippen LogP contribution in [0.1, 0.15) is 33.1 Å². The van der Waals surface area contributed by atoms with Crippen molar-refractivity contribution < 1.29 is 0 Å². The lowest BCUT2D eigenvalue weighted by Gasteiger charge is -2.33. The van der Waals surface area contributed by atoms with Gasteiger partial charge >= 0.3 is 0 Å². The molecule has 80 valence electrons. The van der Waals surface area contributed by atoms with Crippen LogP contribution >= 0.6 is 0 Å². The average Bonchev–Trinajstić information content (AvgIpc) is 2.19. The van der Waals surface area contributed by atoms with Gasteiger partial charge in [0.05, 0.1) is 0 Å². The summed E-state index contributed by atoms with van der Waals surface area (Å²) in [6.07, 6.45) is 3.54. The van der Waals surface area contributed by atoms with Gasteiger partial charge in [0.25, 0.3) is 0 Å². The van der Waals surface area contributed by atoms with Gasteiger partial charge in [0.2, 0.25) is 0 Å². The molecule has 14 heavy (non-hydrogen) atoms. The van der Waals surface area contributed by atoms with Crippen LogP contribution < -0.4 is 5.73 Å². The molecule has 1 rings (SSSR count). The van der Waals surface area contributed by atoms with Crippen molar-refractivity contribution in [2.75, 3.05) is 19.6 Å². The third kappa shape index (κ3) is 3.69. The van der Waals surface area contributed by atoms with Crippen LogP contribution in [0.4, 0.5) is 0 Å². The summed E-state index contributed by atoms with van der Waals surface area (Å²) in [5, 5.41) is 0. The van der Waals surface area contributed by atoms with Gasteiger partial charge in [-0.15, -0.1) is 11.8 Å². The molecule has 2 N–H and O–H groups in total. The fourth-order valence-corrected chi connectivity index (χ4v) is 2.04. The first kappa shape index (κ1) is 11.6. The quantitative estimate of drug-likeness (QED) is 0.689. The molecular weight excluding hydrogens is 172 g/mol. The molecule has 0 aromatic rings. The highest BCUT2D eigenvalue weighted by atomic mass is 15.1. The van der Waals surface area contributed by atoms with Crippen molar-refractivity contribution in [3.63, 3.8) is 0 Å². The van der Waals surface area contributed by atoms with Crippen molar-refractivity contribution in [2.45, 2.75) is 39.2 Å². The van der Waals surface area contributed by atoms with Crippen LogP contribution in [0.15, 0.2) is 0 Å². The molecule has 0 aliphatic carbocycles. The maximum Gasteiger partial charge on any atom is 0.0216 e. The molecule has 0 bridgehead atoms. The number of hydrogen-bond donors (Lipinski definition) is 1. The Kier molecular flexibility index (Phi) is 5.00. The normalized spacial score (nSPS) is 21.4. The summed E-state index contributed by atoms with van der Waals surface area (Å²) in [6.45, 7) is 7.58. The van der Waals surface area contributed by atoms with E-state index in [1.165, 1.54) is 25.9 Å². The van der Waals surface area contributed by atoms with E-state index in [0.717, 1.165) is 18.9 Å². The van der Waals surface area contributed by atoms with Crippen LogP contribution in [0.25, 0.3) is 0 Å². The molecule has 1 saturated heterocycles. The maximum absolute atomic E-state index is 5.89. The van der Waals surface area contributed by atoms with E-state index in [9.17, 15) is 0 Å². The standard InChI is InChI=1S/C12H22N2/c1-3-4-5-8-14-9-6-12(7-10-14)11(2)13/h11-12H,5-10,13H2,1-2H3. The smallest absolute Gasteiger partial charge is 0.0216 e. The molecule has 1 atom stereocenters. The largest absolute Gasteiger partial charge is 0.328 e. The minimum absolute atomic E-state index is 0.368. The van der Waals surface area contributed by atoms with E-state index in [1.54, 1.807) is 0 Å². The monoisotopic (exact) mass is 194 g/mol. The molecule has 1 aliphatic heterocycles. The summed E-state index contributed by atoms with van der Waals surface area (Å²) in [5.74, 6) is 6.79. The van der Waals surface area contributed by atoms with Crippen molar-refractivity contribution in [1.82, 2.24) is 4.90 Å². The van der Waals surface area contributed by atoms with Gasteiger partial charge in [-0.25, -0.2) is 0 Å². The number of likely N-dealkylation sites (tertiary alicyclic amines) is 1. The molecule has 2 heteroatoms. The molecule has 0 amide bonds. The molecule has 0 radical (unpaired) electrons. The predicted molar refractivity (Wildman–Crippen MR) is 60.9 cm³/mol. The molecule has 0 spiro atoms. The zero-order valence-electron chi connectivity index (χ0n) is 9.42. The second kappa shape index (κ2) is 6.06. The molecule has 1 heterocycles. The molecule has 1 unspecified atom stereocenters. The van der Waals surface area contributed by atoms with E-state index >= 15 is 0 Å². The third-order valence-corrected chi connectivity index (χ3v) is 3.11. The lowest BCUT2D eigenvalue weighted by atomic mass is 9.91. The first-order valence-corrected chi connectivity index (χ1v) is 5.61. The van der Waals surface area contributed by atoms with Crippen molar-refractivity contribution in [3.05, 3.63) is 0 Å². The van der Waals surface area contributed by atoms with Gasteiger partial charge in [0.1, 0.15) is 0 Å². The van der Waals surface area contributed by atoms with Crippen molar-refractivity contribution in [2.24, 2.45) is 11.7 Å². The van der Waals surface area contributed by atoms with Gasteiger partial charge in [0, 0.05) is 19.0 Å². The van der Waals surface area contributed by atoms with Crippen LogP contribution in [-0.2, 0) is 0 Å². The lowest BCUT2D eigenvalue weighted by Crippen LogP contribution is -2.39. The highest BCUT2D eigenvalue weighted by Crippen LogP contribution is 2.19. The first-order chi connectivity index (χ1) is 6.74. The minimum Gasteiger partial charge on any atom is -0.328 e. The summed E-state index contributed by atoms with van der Waals surface area (Å²) in [7, 11) is 0. The van der Waals surface area contributed by atoms with Gasteiger partial charge in [-0.2, -0.15) is 0 Å². The van der Waals surface area contributed by atoms with E-state index in [1.807, 2.05) is 6.92 Å². The van der Waals surface area contributed by atoms with Crippen molar-refractivity contribution in [1.29, 1.82) is 0 Å². The van der Waals surface area contributed by atoms with Crippen LogP contribution in [0.5, 0.6) is 0 Å². The van der Waals surface area contributed by atoms with Gasteiger partial charge in [-0.1, -0.05) is 0 Å². The fourth-order valence-electron chi connectivity index (χ4n) is 2.04. The summed E-state index contributed by atoms with van der Waals surface area (Å²) in [5.41, 5.74) is 5.89. The van der Waals surface area contributed by atoms with Gasteiger partial charge in [-0.3, -0.25) is 0 Å². The Morgan fingerprint density at radius 3 is 2.57 bits per heavy atom. The second-order valence-electron chi connectivity index (χ2n) is 4.21. The van der Waals surface area contributed by atoms with Crippen LogP contribution in [0, 0.1) is 17.8 Å². The van der Waals surface area contributed by atoms with Crippen LogP contribution in [0.3, 0.4) is 0 Å². The highest BCUT2D eigenvalue weighted by Gasteiger charge is 2.20. The molecule has 1 aliphatic rings. The molecule has 0 aromatic heterocycles. The Morgan fingerprint density at radius 2 is 2.07 bits per heavy atom. The van der Waals surface area contributed by atoms with E-state index in [4.69, 9.17) is 5.73 Å². The molecule has 2 nitrogen and oxygen atoms in total. The van der Waals surface area contributed by atoms with Crippen LogP contribution in [-0.4, -0.2) is 30.6 Å². The SMILES string of the molecule is CC#CCCN1CCC(C(C)N)CC1. The van der Waals surface area contributed by atoms with Crippen LogP contribution in [0.2, 0.25) is 0 Å². The summed E-state index contributed by atoms with van der Waals surface area (Å²) < 4.78 is 0. The number of piperidine rings is 1. The Bertz CT molecular complexity index is 204. The van der Waals surface area contributed by atoms with Gasteiger partial charge in [-0.05, 0) is 45.7 Å². The highest BCUT2D eigenvalue weighted by molar-refractivity contribution is 4.95. The van der Waals surface area contributed by atoms with E-state index in [-0.39, 0.29) is 0 Å². The zero-order valence-corrected chi connectivity index (χ0v) is 9.42. The molecule has 0 saturated carbocycles. The number of rotatable bonds is 3. The topological polar surface area (TPSA) is 29.3 Å². The molecular formula is C12H22N2. The lowest BCUT2D eigenvalue weighted by molar-refractivity contribution is 0.175. The summed E-state index contributed by atoms with van der Waals surface area (Å²) in [6, 6.07) is 0.368. The molecule has 0 aromatic carbocycles. The summed E-state index contributed by atoms with van der Waals surface area (Å²) >= 11 is 0. The first-order valence-electron chi connectivity index (χ1n) is 5.61. The predicted octanol–water partition coefficient (Wildman–Crippen LogP) is 1.46. The maximum atomic E-state index is 5.89. The Hall–Kier alpha value is -0.520.